The fraction of sp³-hybridized carbons (Fsp3) is 0.556. The van der Waals surface area contributed by atoms with Crippen LogP contribution in [0.25, 0.3) is 16.8 Å². The average Bonchev–Trinajstić information content (AvgIpc) is 3.34. The fourth-order valence-corrected chi connectivity index (χ4v) is 4.03. The number of pyridine rings is 1. The molecule has 0 saturated carbocycles. The van der Waals surface area contributed by atoms with Gasteiger partial charge in [-0.25, -0.2) is 8.91 Å². The first-order valence-corrected chi connectivity index (χ1v) is 13.1. The topological polar surface area (TPSA) is 112 Å². The summed E-state index contributed by atoms with van der Waals surface area (Å²) in [6, 6.07) is 5.82. The molecule has 3 aromatic rings. The number of fused-ring (bicyclic) bond motifs is 1. The van der Waals surface area contributed by atoms with Gasteiger partial charge in [-0.05, 0) is 51.3 Å². The van der Waals surface area contributed by atoms with Gasteiger partial charge in [0.05, 0.1) is 24.6 Å². The summed E-state index contributed by atoms with van der Waals surface area (Å²) < 4.78 is 26.1. The molecule has 0 spiro atoms. The Morgan fingerprint density at radius 3 is 2.44 bits per heavy atom. The van der Waals surface area contributed by atoms with Crippen molar-refractivity contribution in [2.75, 3.05) is 51.5 Å². The Kier molecular flexibility index (Phi) is 12.1. The summed E-state index contributed by atoms with van der Waals surface area (Å²) in [7, 11) is 5.27. The van der Waals surface area contributed by atoms with Crippen LogP contribution in [0.1, 0.15) is 52.1 Å². The molecule has 4 heterocycles. The number of aromatic nitrogens is 4. The van der Waals surface area contributed by atoms with Crippen molar-refractivity contribution in [1.82, 2.24) is 24.5 Å². The first-order valence-electron chi connectivity index (χ1n) is 13.1. The van der Waals surface area contributed by atoms with Gasteiger partial charge in [0.2, 0.25) is 11.9 Å². The first-order chi connectivity index (χ1) is 18.6. The lowest BCUT2D eigenvalue weighted by Crippen LogP contribution is -2.45. The lowest BCUT2D eigenvalue weighted by molar-refractivity contribution is -0.132. The van der Waals surface area contributed by atoms with Crippen molar-refractivity contribution < 1.29 is 13.6 Å². The zero-order chi connectivity index (χ0) is 29.0. The highest BCUT2D eigenvalue weighted by molar-refractivity contribution is 5.87. The molecule has 214 valence electrons. The molecular formula is C27H41F2N9O. The van der Waals surface area contributed by atoms with Gasteiger partial charge in [0, 0.05) is 46.4 Å². The van der Waals surface area contributed by atoms with Gasteiger partial charge < -0.3 is 15.5 Å². The molecular weight excluding hydrogens is 504 g/mol. The van der Waals surface area contributed by atoms with Crippen LogP contribution in [0.15, 0.2) is 34.6 Å². The maximum absolute atomic E-state index is 13.3. The Balaban J connectivity index is 0.000000276. The van der Waals surface area contributed by atoms with E-state index in [1.165, 1.54) is 6.92 Å². The van der Waals surface area contributed by atoms with Gasteiger partial charge in [-0.1, -0.05) is 13.3 Å². The molecule has 3 aromatic heterocycles. The summed E-state index contributed by atoms with van der Waals surface area (Å²) in [6.45, 7) is 7.76. The standard InChI is InChI=1S/C15H18N8.C8H14FNO.C4H9F/c1-9-11(21-18-4)5-6-12(19-9)10-7-8-23-13(10)14(16-2)20-15(17-3)22-23;1-7(11)10-5-3-4-8(2,9)6-10;1-2-3-4-5/h5-8H,1-4H3,(H2,16,17,20,22);3-6H2,1-2H3;2-4H2,1H3. The van der Waals surface area contributed by atoms with E-state index in [1.807, 2.05) is 45.3 Å². The van der Waals surface area contributed by atoms with E-state index in [0.717, 1.165) is 59.8 Å². The van der Waals surface area contributed by atoms with Gasteiger partial charge in [-0.3, -0.25) is 14.2 Å². The van der Waals surface area contributed by atoms with Crippen LogP contribution in [-0.2, 0) is 4.79 Å². The van der Waals surface area contributed by atoms with Crippen molar-refractivity contribution in [3.05, 3.63) is 30.1 Å². The van der Waals surface area contributed by atoms with Gasteiger partial charge in [-0.15, -0.1) is 5.10 Å². The number of amides is 1. The van der Waals surface area contributed by atoms with Crippen LogP contribution in [0.4, 0.5) is 26.2 Å². The Bertz CT molecular complexity index is 1240. The van der Waals surface area contributed by atoms with E-state index in [2.05, 4.69) is 35.9 Å². The smallest absolute Gasteiger partial charge is 0.242 e. The molecule has 12 heteroatoms. The predicted molar refractivity (Wildman–Crippen MR) is 152 cm³/mol. The Labute approximate surface area is 229 Å². The number of anilines is 2. The van der Waals surface area contributed by atoms with Crippen LogP contribution in [0, 0.1) is 6.92 Å². The third-order valence-corrected chi connectivity index (χ3v) is 6.09. The Morgan fingerprint density at radius 1 is 1.21 bits per heavy atom. The Hall–Kier alpha value is -3.70. The van der Waals surface area contributed by atoms with Crippen LogP contribution in [0.5, 0.6) is 0 Å². The second kappa shape index (κ2) is 15.0. The number of nitrogens with zero attached hydrogens (tertiary/aromatic N) is 7. The minimum atomic E-state index is -1.16. The molecule has 39 heavy (non-hydrogen) atoms. The molecule has 1 atom stereocenters. The van der Waals surface area contributed by atoms with E-state index in [1.54, 1.807) is 30.4 Å². The van der Waals surface area contributed by atoms with Crippen LogP contribution < -0.4 is 10.6 Å². The van der Waals surface area contributed by atoms with Gasteiger partial charge in [-0.2, -0.15) is 15.2 Å². The van der Waals surface area contributed by atoms with E-state index < -0.39 is 5.67 Å². The third-order valence-electron chi connectivity index (χ3n) is 6.09. The molecule has 1 fully saturated rings. The largest absolute Gasteiger partial charge is 0.371 e. The number of hydrogen-bond donors (Lipinski definition) is 2. The van der Waals surface area contributed by atoms with Crippen molar-refractivity contribution in [1.29, 1.82) is 0 Å². The molecule has 0 aromatic carbocycles. The number of nitrogens with one attached hydrogen (secondary N) is 2. The molecule has 2 N–H and O–H groups in total. The van der Waals surface area contributed by atoms with E-state index in [4.69, 9.17) is 0 Å². The summed E-state index contributed by atoms with van der Waals surface area (Å²) in [6.07, 6.45) is 4.95. The normalized spacial score (nSPS) is 16.8. The molecule has 0 radical (unpaired) electrons. The van der Waals surface area contributed by atoms with Gasteiger partial charge in [0.25, 0.3) is 0 Å². The zero-order valence-electron chi connectivity index (χ0n) is 24.1. The molecule has 0 aliphatic carbocycles. The summed E-state index contributed by atoms with van der Waals surface area (Å²) in [5, 5.41) is 18.3. The number of carbonyl (C=O) groups is 1. The van der Waals surface area contributed by atoms with Crippen LogP contribution in [-0.4, -0.2) is 77.0 Å². The summed E-state index contributed by atoms with van der Waals surface area (Å²) in [5.74, 6) is 1.27. The minimum Gasteiger partial charge on any atom is -0.371 e. The van der Waals surface area contributed by atoms with Crippen LogP contribution in [0.3, 0.4) is 0 Å². The molecule has 4 rings (SSSR count). The van der Waals surface area contributed by atoms with E-state index in [0.29, 0.717) is 12.4 Å². The maximum Gasteiger partial charge on any atom is 0.242 e. The van der Waals surface area contributed by atoms with Crippen molar-refractivity contribution in [3.8, 4) is 11.3 Å². The molecule has 1 aliphatic heterocycles. The molecule has 1 unspecified atom stereocenters. The maximum atomic E-state index is 13.3. The minimum absolute atomic E-state index is 0.0198. The number of halogens is 2. The molecule has 1 aliphatic rings. The van der Waals surface area contributed by atoms with Crippen molar-refractivity contribution in [2.45, 2.75) is 59.0 Å². The van der Waals surface area contributed by atoms with Gasteiger partial charge in [0.1, 0.15) is 16.9 Å². The molecule has 0 bridgehead atoms. The highest BCUT2D eigenvalue weighted by atomic mass is 19.1. The van der Waals surface area contributed by atoms with Crippen molar-refractivity contribution >= 4 is 28.9 Å². The predicted octanol–water partition coefficient (Wildman–Crippen LogP) is 6.01. The Morgan fingerprint density at radius 2 is 1.95 bits per heavy atom. The van der Waals surface area contributed by atoms with Gasteiger partial charge >= 0.3 is 0 Å². The fourth-order valence-electron chi connectivity index (χ4n) is 4.03. The second-order valence-electron chi connectivity index (χ2n) is 9.41. The van der Waals surface area contributed by atoms with E-state index >= 15 is 0 Å². The average molecular weight is 546 g/mol. The lowest BCUT2D eigenvalue weighted by atomic mass is 9.97. The number of unbranched alkanes of at least 4 members (excludes halogenated alkanes) is 1. The number of likely N-dealkylation sites (tertiary alicyclic amines) is 1. The van der Waals surface area contributed by atoms with Crippen molar-refractivity contribution in [3.63, 3.8) is 0 Å². The monoisotopic (exact) mass is 545 g/mol. The highest BCUT2D eigenvalue weighted by Gasteiger charge is 2.31. The number of hydrogen-bond acceptors (Lipinski definition) is 8. The summed E-state index contributed by atoms with van der Waals surface area (Å²) >= 11 is 0. The third kappa shape index (κ3) is 8.93. The number of piperidine rings is 1. The number of azo groups is 1. The molecule has 1 saturated heterocycles. The lowest BCUT2D eigenvalue weighted by Gasteiger charge is -2.34. The highest BCUT2D eigenvalue weighted by Crippen LogP contribution is 2.31. The second-order valence-corrected chi connectivity index (χ2v) is 9.41. The van der Waals surface area contributed by atoms with Crippen LogP contribution in [0.2, 0.25) is 0 Å². The number of aryl methyl sites for hydroxylation is 1. The van der Waals surface area contributed by atoms with Crippen molar-refractivity contribution in [2.24, 2.45) is 10.2 Å². The van der Waals surface area contributed by atoms with E-state index in [9.17, 15) is 13.6 Å². The molecule has 10 nitrogen and oxygen atoms in total. The molecule has 1 amide bonds. The van der Waals surface area contributed by atoms with Crippen LogP contribution >= 0.6 is 0 Å². The first kappa shape index (κ1) is 31.5. The SMILES string of the molecule is CC(=O)N1CCCC(C)(F)C1.CCCCF.CN=Nc1ccc(-c2ccn3nc(NC)nc(NC)c23)nc1C. The van der Waals surface area contributed by atoms with E-state index in [-0.39, 0.29) is 19.1 Å². The number of carbonyl (C=O) groups excluding carboxylic acids is 1. The summed E-state index contributed by atoms with van der Waals surface area (Å²) in [5.41, 5.74) is 3.11. The number of rotatable bonds is 6. The number of alkyl halides is 2. The van der Waals surface area contributed by atoms with Gasteiger partial charge in [0.15, 0.2) is 5.82 Å². The summed E-state index contributed by atoms with van der Waals surface area (Å²) in [4.78, 5) is 21.5. The quantitative estimate of drug-likeness (QED) is 0.367. The zero-order valence-corrected chi connectivity index (χ0v) is 24.1.